The second-order valence-corrected chi connectivity index (χ2v) is 15.1. The number of benzene rings is 9. The Balaban J connectivity index is 1.00. The molecule has 0 spiro atoms. The number of rotatable bonds is 7. The summed E-state index contributed by atoms with van der Waals surface area (Å²) in [6.07, 6.45) is 0. The van der Waals surface area contributed by atoms with Crippen LogP contribution in [0.3, 0.4) is 0 Å². The molecule has 0 radical (unpaired) electrons. The molecular weight excluding hydrogens is 735 g/mol. The minimum Gasteiger partial charge on any atom is -0.456 e. The van der Waals surface area contributed by atoms with Crippen molar-refractivity contribution >= 4 is 71.9 Å². The molecule has 0 fully saturated rings. The third-order valence-electron chi connectivity index (χ3n) is 11.6. The van der Waals surface area contributed by atoms with E-state index < -0.39 is 0 Å². The van der Waals surface area contributed by atoms with Crippen LogP contribution in [0.25, 0.3) is 94.2 Å². The van der Waals surface area contributed by atoms with Crippen molar-refractivity contribution in [1.82, 2.24) is 9.55 Å². The van der Waals surface area contributed by atoms with Crippen LogP contribution in [-0.2, 0) is 0 Å². The highest BCUT2D eigenvalue weighted by Gasteiger charge is 2.22. The second kappa shape index (κ2) is 13.8. The SMILES string of the molecule is c1ccc(-c2cccc(N(c3ccc(-c4ccc5c(c4)oc4ccc6nc(-c7ccccc7)oc6c45)cc3)c3cccc4c5ccccc5n(-c5ccccc5)c34)c2)cc1. The van der Waals surface area contributed by atoms with Crippen LogP contribution in [0.15, 0.2) is 221 Å². The van der Waals surface area contributed by atoms with Gasteiger partial charge in [-0.1, -0.05) is 127 Å². The molecule has 5 heteroatoms. The van der Waals surface area contributed by atoms with Crippen LogP contribution in [-0.4, -0.2) is 9.55 Å². The first-order valence-corrected chi connectivity index (χ1v) is 20.2. The maximum atomic E-state index is 6.48. The minimum absolute atomic E-state index is 0.600. The predicted octanol–water partition coefficient (Wildman–Crippen LogP) is 15.3. The highest BCUT2D eigenvalue weighted by molar-refractivity contribution is 6.17. The molecular formula is C55H35N3O2. The lowest BCUT2D eigenvalue weighted by Crippen LogP contribution is -2.11. The molecule has 0 saturated carbocycles. The number of para-hydroxylation sites is 3. The van der Waals surface area contributed by atoms with E-state index in [0.29, 0.717) is 5.89 Å². The Bertz CT molecular complexity index is 3530. The van der Waals surface area contributed by atoms with E-state index in [0.717, 1.165) is 83.6 Å². The van der Waals surface area contributed by atoms with Gasteiger partial charge in [-0.2, -0.15) is 0 Å². The summed E-state index contributed by atoms with van der Waals surface area (Å²) in [5, 5.41) is 4.35. The van der Waals surface area contributed by atoms with E-state index in [-0.39, 0.29) is 0 Å². The van der Waals surface area contributed by atoms with E-state index >= 15 is 0 Å². The summed E-state index contributed by atoms with van der Waals surface area (Å²) in [6.45, 7) is 0. The van der Waals surface area contributed by atoms with Gasteiger partial charge in [0.25, 0.3) is 0 Å². The number of nitrogens with zero attached hydrogens (tertiary/aromatic N) is 3. The molecule has 0 atom stereocenters. The minimum atomic E-state index is 0.600. The number of hydrogen-bond acceptors (Lipinski definition) is 4. The first-order valence-electron chi connectivity index (χ1n) is 20.2. The van der Waals surface area contributed by atoms with Crippen LogP contribution in [0, 0.1) is 0 Å². The molecule has 12 aromatic rings. The van der Waals surface area contributed by atoms with Crippen molar-refractivity contribution < 1.29 is 8.83 Å². The molecule has 0 saturated heterocycles. The normalized spacial score (nSPS) is 11.7. The monoisotopic (exact) mass is 769 g/mol. The molecule has 282 valence electrons. The Morgan fingerprint density at radius 1 is 0.417 bits per heavy atom. The molecule has 0 aliphatic heterocycles. The molecule has 12 rings (SSSR count). The van der Waals surface area contributed by atoms with Gasteiger partial charge in [0.15, 0.2) is 5.58 Å². The number of hydrogen-bond donors (Lipinski definition) is 0. The lowest BCUT2D eigenvalue weighted by molar-refractivity contribution is 0.622. The third kappa shape index (κ3) is 5.52. The Kier molecular flexibility index (Phi) is 7.78. The standard InChI is InChI=1S/C55H35N3O2/c1-4-14-36(15-5-1)39-18-12-21-43(34-39)57(49-25-13-23-45-44-22-10-11-24-48(44)58(53(45)49)41-19-8-3-9-20-41)42-29-26-37(27-30-42)40-28-31-46-51(35-40)59-50-33-32-47-54(52(46)50)60-55(56-47)38-16-6-2-7-17-38/h1-35H. The second-order valence-electron chi connectivity index (χ2n) is 15.1. The van der Waals surface area contributed by atoms with E-state index in [1.165, 1.54) is 21.9 Å². The van der Waals surface area contributed by atoms with Crippen LogP contribution in [0.1, 0.15) is 0 Å². The summed E-state index contributed by atoms with van der Waals surface area (Å²) in [5.74, 6) is 0.600. The van der Waals surface area contributed by atoms with Crippen LogP contribution in [0.4, 0.5) is 17.1 Å². The number of fused-ring (bicyclic) bond motifs is 8. The van der Waals surface area contributed by atoms with E-state index in [9.17, 15) is 0 Å². The maximum Gasteiger partial charge on any atom is 0.227 e. The smallest absolute Gasteiger partial charge is 0.227 e. The van der Waals surface area contributed by atoms with Gasteiger partial charge in [-0.15, -0.1) is 0 Å². The fourth-order valence-electron chi connectivity index (χ4n) is 8.84. The number of oxazole rings is 1. The van der Waals surface area contributed by atoms with Gasteiger partial charge in [-0.05, 0) is 107 Å². The molecule has 0 N–H and O–H groups in total. The summed E-state index contributed by atoms with van der Waals surface area (Å²) < 4.78 is 15.3. The van der Waals surface area contributed by atoms with Crippen molar-refractivity contribution in [3.63, 3.8) is 0 Å². The maximum absolute atomic E-state index is 6.48. The largest absolute Gasteiger partial charge is 0.456 e. The van der Waals surface area contributed by atoms with Crippen molar-refractivity contribution in [2.75, 3.05) is 4.90 Å². The molecule has 3 heterocycles. The first kappa shape index (κ1) is 33.9. The Morgan fingerprint density at radius 3 is 1.88 bits per heavy atom. The zero-order chi connectivity index (χ0) is 39.6. The fraction of sp³-hybridized carbons (Fsp3) is 0. The van der Waals surface area contributed by atoms with E-state index in [4.69, 9.17) is 13.8 Å². The van der Waals surface area contributed by atoms with E-state index in [2.05, 4.69) is 179 Å². The van der Waals surface area contributed by atoms with Gasteiger partial charge in [0.1, 0.15) is 16.7 Å². The molecule has 60 heavy (non-hydrogen) atoms. The molecule has 0 aliphatic rings. The van der Waals surface area contributed by atoms with Gasteiger partial charge in [0.2, 0.25) is 5.89 Å². The zero-order valence-electron chi connectivity index (χ0n) is 32.4. The molecule has 0 amide bonds. The van der Waals surface area contributed by atoms with Gasteiger partial charge in [-0.3, -0.25) is 0 Å². The average molecular weight is 770 g/mol. The number of anilines is 3. The lowest BCUT2D eigenvalue weighted by atomic mass is 10.0. The van der Waals surface area contributed by atoms with Crippen LogP contribution < -0.4 is 4.90 Å². The van der Waals surface area contributed by atoms with Crippen molar-refractivity contribution in [2.45, 2.75) is 0 Å². The summed E-state index contributed by atoms with van der Waals surface area (Å²) in [4.78, 5) is 7.20. The number of furan rings is 1. The molecule has 9 aromatic carbocycles. The van der Waals surface area contributed by atoms with Crippen LogP contribution >= 0.6 is 0 Å². The summed E-state index contributed by atoms with van der Waals surface area (Å²) in [6, 6.07) is 74.7. The summed E-state index contributed by atoms with van der Waals surface area (Å²) in [5.41, 5.74) is 15.2. The van der Waals surface area contributed by atoms with Gasteiger partial charge in [0, 0.05) is 38.8 Å². The summed E-state index contributed by atoms with van der Waals surface area (Å²) in [7, 11) is 0. The van der Waals surface area contributed by atoms with Crippen LogP contribution in [0.5, 0.6) is 0 Å². The van der Waals surface area contributed by atoms with E-state index in [1.807, 2.05) is 42.5 Å². The van der Waals surface area contributed by atoms with E-state index in [1.54, 1.807) is 0 Å². The fourth-order valence-corrected chi connectivity index (χ4v) is 8.84. The Hall–Kier alpha value is -8.15. The highest BCUT2D eigenvalue weighted by atomic mass is 16.4. The molecule has 0 unspecified atom stereocenters. The van der Waals surface area contributed by atoms with Gasteiger partial charge in [-0.25, -0.2) is 4.98 Å². The van der Waals surface area contributed by atoms with Crippen molar-refractivity contribution in [2.24, 2.45) is 0 Å². The van der Waals surface area contributed by atoms with Crippen molar-refractivity contribution in [1.29, 1.82) is 0 Å². The Labute approximate surface area is 345 Å². The topological polar surface area (TPSA) is 47.3 Å². The summed E-state index contributed by atoms with van der Waals surface area (Å²) >= 11 is 0. The molecule has 5 nitrogen and oxygen atoms in total. The van der Waals surface area contributed by atoms with Gasteiger partial charge in [0.05, 0.1) is 22.1 Å². The molecule has 0 aliphatic carbocycles. The number of aromatic nitrogens is 2. The predicted molar refractivity (Wildman–Crippen MR) is 247 cm³/mol. The van der Waals surface area contributed by atoms with Crippen molar-refractivity contribution in [3.8, 4) is 39.4 Å². The van der Waals surface area contributed by atoms with Crippen molar-refractivity contribution in [3.05, 3.63) is 212 Å². The zero-order valence-corrected chi connectivity index (χ0v) is 32.4. The van der Waals surface area contributed by atoms with Crippen LogP contribution in [0.2, 0.25) is 0 Å². The average Bonchev–Trinajstić information content (AvgIpc) is 4.02. The van der Waals surface area contributed by atoms with Gasteiger partial charge >= 0.3 is 0 Å². The lowest BCUT2D eigenvalue weighted by Gasteiger charge is -2.28. The molecule has 0 bridgehead atoms. The molecule has 3 aromatic heterocycles. The quantitative estimate of drug-likeness (QED) is 0.162. The Morgan fingerprint density at radius 2 is 1.07 bits per heavy atom. The first-order chi connectivity index (χ1) is 29.7. The highest BCUT2D eigenvalue weighted by Crippen LogP contribution is 2.45. The third-order valence-corrected chi connectivity index (χ3v) is 11.6. The van der Waals surface area contributed by atoms with Gasteiger partial charge < -0.3 is 18.3 Å².